The van der Waals surface area contributed by atoms with Gasteiger partial charge in [-0.3, -0.25) is 14.7 Å². The van der Waals surface area contributed by atoms with Crippen LogP contribution in [-0.4, -0.2) is 174 Å². The first-order valence-corrected chi connectivity index (χ1v) is 11.8. The van der Waals surface area contributed by atoms with E-state index in [1.54, 1.807) is 12.4 Å². The Hall–Kier alpha value is -1.69. The van der Waals surface area contributed by atoms with Crippen LogP contribution in [0.15, 0.2) is 0 Å². The monoisotopic (exact) mass is 744 g/mol. The third kappa shape index (κ3) is 24.6. The second kappa shape index (κ2) is 24.9. The van der Waals surface area contributed by atoms with Gasteiger partial charge in [0.1, 0.15) is 31.0 Å². The van der Waals surface area contributed by atoms with Crippen LogP contribution in [-0.2, 0) is 24.0 Å². The first-order chi connectivity index (χ1) is 18.5. The fourth-order valence-electron chi connectivity index (χ4n) is 3.12. The molecule has 0 unspecified atom stereocenters. The summed E-state index contributed by atoms with van der Waals surface area (Å²) in [5, 5.41) is 99.9. The summed E-state index contributed by atoms with van der Waals surface area (Å²) in [6.07, 6.45) is -5.53. The van der Waals surface area contributed by atoms with E-state index in [2.05, 4.69) is 0 Å². The molecule has 0 aliphatic rings. The number of carbonyl (C=O) groups is 5. The van der Waals surface area contributed by atoms with Crippen LogP contribution >= 0.6 is 0 Å². The van der Waals surface area contributed by atoms with Crippen LogP contribution in [0, 0.1) is 39.9 Å². The van der Waals surface area contributed by atoms with Gasteiger partial charge in [0.15, 0.2) is 0 Å². The van der Waals surface area contributed by atoms with Crippen molar-refractivity contribution < 1.29 is 122 Å². The third-order valence-corrected chi connectivity index (χ3v) is 5.03. The van der Waals surface area contributed by atoms with E-state index in [9.17, 15) is 59.7 Å². The van der Waals surface area contributed by atoms with Crippen LogP contribution in [0.1, 0.15) is 1.43 Å². The number of carboxylic acids is 5. The number of hydrogen-bond acceptors (Lipinski definition) is 18. The van der Waals surface area contributed by atoms with Crippen molar-refractivity contribution in [3.05, 3.63) is 0 Å². The molecule has 0 fully saturated rings. The Morgan fingerprint density at radius 2 is 0.878 bits per heavy atom. The molecule has 0 aliphatic carbocycles. The maximum atomic E-state index is 10.8. The Morgan fingerprint density at radius 3 is 1.15 bits per heavy atom. The zero-order valence-corrected chi connectivity index (χ0v) is 24.4. The van der Waals surface area contributed by atoms with Gasteiger partial charge >= 0.3 is 39.9 Å². The van der Waals surface area contributed by atoms with Crippen LogP contribution < -0.4 is 30.8 Å². The second-order valence-corrected chi connectivity index (χ2v) is 8.50. The predicted octanol–water partition coefficient (Wildman–Crippen LogP) is -13.5. The van der Waals surface area contributed by atoms with Crippen molar-refractivity contribution in [2.45, 2.75) is 24.4 Å². The van der Waals surface area contributed by atoms with Crippen LogP contribution in [0.3, 0.4) is 0 Å². The SMILES string of the molecule is C[NH2+]C[C@H](O)[C@@H](O)[C@H](O)[C@H](O)CO.O=C([O-])CN(CCN(CC(=O)[O-])CC(=O)[O-])CCN(CC(=O)[O-])CC(=O)[O-].[Gd+3].[HH]. The summed E-state index contributed by atoms with van der Waals surface area (Å²) < 4.78 is 0. The molecule has 0 aromatic heterocycles. The molecule has 241 valence electrons. The summed E-state index contributed by atoms with van der Waals surface area (Å²) in [6, 6.07) is 0. The molecule has 1 radical (unpaired) electrons. The maximum Gasteiger partial charge on any atom is 3.00 e. The number of aliphatic carboxylic acids is 5. The molecule has 7 N–H and O–H groups in total. The molecule has 0 spiro atoms. The van der Waals surface area contributed by atoms with Gasteiger partial charge in [0.25, 0.3) is 0 Å². The average Bonchev–Trinajstić information content (AvgIpc) is 2.82. The molecule has 0 amide bonds. The van der Waals surface area contributed by atoms with Gasteiger partial charge < -0.3 is 80.4 Å². The predicted molar refractivity (Wildman–Crippen MR) is 120 cm³/mol. The Labute approximate surface area is 268 Å². The smallest absolute Gasteiger partial charge is 0.549 e. The van der Waals surface area contributed by atoms with Crippen LogP contribution in [0.4, 0.5) is 0 Å². The number of nitrogens with zero attached hydrogens (tertiary/aromatic N) is 3. The molecule has 0 heterocycles. The van der Waals surface area contributed by atoms with Gasteiger partial charge in [-0.15, -0.1) is 0 Å². The second-order valence-electron chi connectivity index (χ2n) is 8.50. The molecule has 19 nitrogen and oxygen atoms in total. The molecule has 4 atom stereocenters. The van der Waals surface area contributed by atoms with Gasteiger partial charge in [-0.25, -0.2) is 0 Å². The Kier molecular flexibility index (Phi) is 26.5. The van der Waals surface area contributed by atoms with Crippen molar-refractivity contribution >= 4 is 29.8 Å². The van der Waals surface area contributed by atoms with Crippen LogP contribution in [0.5, 0.6) is 0 Å². The van der Waals surface area contributed by atoms with E-state index in [1.165, 1.54) is 4.90 Å². The molecule has 20 heteroatoms. The molecule has 0 aliphatic heterocycles. The fourth-order valence-corrected chi connectivity index (χ4v) is 3.12. The largest absolute Gasteiger partial charge is 3.00 e. The van der Waals surface area contributed by atoms with Crippen molar-refractivity contribution in [1.82, 2.24) is 14.7 Å². The van der Waals surface area contributed by atoms with Crippen molar-refractivity contribution in [2.75, 3.05) is 79.1 Å². The zero-order valence-electron chi connectivity index (χ0n) is 22.2. The number of carbonyl (C=O) groups excluding carboxylic acids is 5. The summed E-state index contributed by atoms with van der Waals surface area (Å²) in [4.78, 5) is 56.4. The summed E-state index contributed by atoms with van der Waals surface area (Å²) >= 11 is 0. The minimum atomic E-state index is -1.54. The number of rotatable bonds is 22. The van der Waals surface area contributed by atoms with E-state index in [1.807, 2.05) is 0 Å². The van der Waals surface area contributed by atoms with Gasteiger partial charge in [-0.1, -0.05) is 0 Å². The first kappa shape index (κ1) is 43.8. The topological polar surface area (TPSA) is 328 Å². The van der Waals surface area contributed by atoms with Gasteiger partial charge in [0, 0.05) is 60.3 Å². The minimum absolute atomic E-state index is 0. The molecular formula is C21H38GdN4O15-. The summed E-state index contributed by atoms with van der Waals surface area (Å²) in [7, 11) is 1.70. The van der Waals surface area contributed by atoms with E-state index in [-0.39, 0.29) is 74.1 Å². The number of aliphatic hydroxyl groups excluding tert-OH is 5. The quantitative estimate of drug-likeness (QED) is 0.0599. The van der Waals surface area contributed by atoms with Crippen LogP contribution in [0.25, 0.3) is 0 Å². The molecule has 0 saturated heterocycles. The van der Waals surface area contributed by atoms with Gasteiger partial charge in [-0.2, -0.15) is 0 Å². The van der Waals surface area contributed by atoms with E-state index in [0.29, 0.717) is 0 Å². The van der Waals surface area contributed by atoms with Gasteiger partial charge in [0.05, 0.1) is 43.5 Å². The van der Waals surface area contributed by atoms with Crippen molar-refractivity contribution in [1.29, 1.82) is 0 Å². The van der Waals surface area contributed by atoms with Crippen molar-refractivity contribution in [3.63, 3.8) is 0 Å². The minimum Gasteiger partial charge on any atom is -0.549 e. The van der Waals surface area contributed by atoms with Crippen molar-refractivity contribution in [3.8, 4) is 0 Å². The normalized spacial score (nSPS) is 13.9. The van der Waals surface area contributed by atoms with E-state index in [4.69, 9.17) is 15.3 Å². The van der Waals surface area contributed by atoms with Crippen molar-refractivity contribution in [2.24, 2.45) is 0 Å². The number of carboxylic acid groups (broad SMARTS) is 5. The molecule has 0 aromatic rings. The first-order valence-electron chi connectivity index (χ1n) is 11.8. The summed E-state index contributed by atoms with van der Waals surface area (Å²) in [5.41, 5.74) is 0. The molecule has 0 aromatic carbocycles. The number of likely N-dealkylation sites (N-methyl/N-ethyl adjacent to an activating group) is 1. The molecule has 41 heavy (non-hydrogen) atoms. The Balaban J connectivity index is -0.000000408. The average molecular weight is 744 g/mol. The molecule has 0 saturated carbocycles. The number of aliphatic hydroxyl groups is 5. The van der Waals surface area contributed by atoms with E-state index < -0.39 is 93.6 Å². The number of quaternary nitrogens is 1. The van der Waals surface area contributed by atoms with E-state index >= 15 is 0 Å². The zero-order chi connectivity index (χ0) is 31.4. The Morgan fingerprint density at radius 1 is 0.610 bits per heavy atom. The maximum absolute atomic E-state index is 10.8. The molecule has 0 rings (SSSR count). The summed E-state index contributed by atoms with van der Waals surface area (Å²) in [6.45, 7) is -4.59. The van der Waals surface area contributed by atoms with Crippen LogP contribution in [0.2, 0.25) is 0 Å². The van der Waals surface area contributed by atoms with Gasteiger partial charge in [0.2, 0.25) is 0 Å². The third-order valence-electron chi connectivity index (χ3n) is 5.03. The molecular weight excluding hydrogens is 705 g/mol. The standard InChI is InChI=1S/C14H23N3O10.C7H17NO5.Gd.H2/c18-10(19)5-15(1-3-16(6-11(20)21)7-12(22)23)2-4-17(8-13(24)25)9-14(26)27;1-8-2-4(10)6(12)7(13)5(11)3-9;;/h1-9H2,(H,18,19)(H,20,21)(H,22,23)(H,24,25)(H,26,27);4-13H,2-3H2,1H3;;1H/q;;+3;/p-4/t;4-,5+,6+,7+;;/m.0../s1. The fraction of sp³-hybridized carbons (Fsp3) is 0.762. The number of nitrogens with two attached hydrogens (primary N) is 1. The number of hydrogen-bond donors (Lipinski definition) is 6. The van der Waals surface area contributed by atoms with E-state index in [0.717, 1.165) is 9.80 Å². The molecule has 0 bridgehead atoms. The van der Waals surface area contributed by atoms with Gasteiger partial charge in [-0.05, 0) is 0 Å². The summed E-state index contributed by atoms with van der Waals surface area (Å²) in [5.74, 6) is -7.67. The Bertz CT molecular complexity index is 729.